The second kappa shape index (κ2) is 10.1. The Labute approximate surface area is 194 Å². The molecule has 6 nitrogen and oxygen atoms in total. The van der Waals surface area contributed by atoms with Gasteiger partial charge < -0.3 is 19.5 Å². The lowest BCUT2D eigenvalue weighted by molar-refractivity contribution is 0.102. The molecule has 0 atom stereocenters. The van der Waals surface area contributed by atoms with Crippen LogP contribution in [0.5, 0.6) is 17.2 Å². The number of anilines is 1. The Morgan fingerprint density at radius 2 is 1.82 bits per heavy atom. The summed E-state index contributed by atoms with van der Waals surface area (Å²) in [4.78, 5) is 17.0. The standard InChI is InChI=1S/C25H21FN2O4S/c1-30-20-9-7-19(8-10-20)27-24(29)21-15-33-25(28-21)17-6-11-22(23(13-17)31-2)32-14-16-4-3-5-18(26)12-16/h3-13,15H,14H2,1-2H3,(H,27,29). The molecule has 4 rings (SSSR count). The average molecular weight is 465 g/mol. The van der Waals surface area contributed by atoms with Gasteiger partial charge in [0.25, 0.3) is 5.91 Å². The second-order valence-corrected chi connectivity index (χ2v) is 7.86. The van der Waals surface area contributed by atoms with Gasteiger partial charge in [0.1, 0.15) is 28.9 Å². The Morgan fingerprint density at radius 3 is 2.55 bits per heavy atom. The molecule has 0 radical (unpaired) electrons. The number of carbonyl (C=O) groups is 1. The molecule has 0 aliphatic rings. The van der Waals surface area contributed by atoms with E-state index in [1.807, 2.05) is 6.07 Å². The highest BCUT2D eigenvalue weighted by molar-refractivity contribution is 7.13. The maximum absolute atomic E-state index is 13.4. The van der Waals surface area contributed by atoms with Crippen LogP contribution >= 0.6 is 11.3 Å². The first kappa shape index (κ1) is 22.3. The van der Waals surface area contributed by atoms with Crippen LogP contribution in [0.1, 0.15) is 16.1 Å². The van der Waals surface area contributed by atoms with E-state index in [1.165, 1.54) is 23.5 Å². The lowest BCUT2D eigenvalue weighted by Gasteiger charge is -2.12. The Balaban J connectivity index is 1.46. The number of methoxy groups -OCH3 is 2. The molecule has 0 aliphatic heterocycles. The molecule has 33 heavy (non-hydrogen) atoms. The summed E-state index contributed by atoms with van der Waals surface area (Å²) in [6.07, 6.45) is 0. The number of aromatic nitrogens is 1. The van der Waals surface area contributed by atoms with Crippen molar-refractivity contribution in [2.24, 2.45) is 0 Å². The molecular weight excluding hydrogens is 443 g/mol. The summed E-state index contributed by atoms with van der Waals surface area (Å²) in [5.41, 5.74) is 2.47. The highest BCUT2D eigenvalue weighted by atomic mass is 32.1. The molecule has 1 amide bonds. The molecule has 1 N–H and O–H groups in total. The van der Waals surface area contributed by atoms with Gasteiger partial charge in [-0.2, -0.15) is 0 Å². The Kier molecular flexibility index (Phi) is 6.85. The van der Waals surface area contributed by atoms with Crippen LogP contribution in [0, 0.1) is 5.82 Å². The van der Waals surface area contributed by atoms with Crippen molar-refractivity contribution in [3.63, 3.8) is 0 Å². The molecule has 0 saturated carbocycles. The highest BCUT2D eigenvalue weighted by Gasteiger charge is 2.14. The van der Waals surface area contributed by atoms with Gasteiger partial charge in [0.15, 0.2) is 11.5 Å². The summed E-state index contributed by atoms with van der Waals surface area (Å²) < 4.78 is 29.8. The molecule has 0 spiro atoms. The zero-order chi connectivity index (χ0) is 23.2. The Morgan fingerprint density at radius 1 is 1.00 bits per heavy atom. The van der Waals surface area contributed by atoms with Crippen molar-refractivity contribution in [3.8, 4) is 27.8 Å². The van der Waals surface area contributed by atoms with E-state index in [0.29, 0.717) is 39.2 Å². The molecule has 1 heterocycles. The highest BCUT2D eigenvalue weighted by Crippen LogP contribution is 2.34. The third-order valence-electron chi connectivity index (χ3n) is 4.78. The summed E-state index contributed by atoms with van der Waals surface area (Å²) in [5.74, 6) is 1.14. The van der Waals surface area contributed by atoms with Crippen LogP contribution in [0.25, 0.3) is 10.6 Å². The van der Waals surface area contributed by atoms with E-state index in [9.17, 15) is 9.18 Å². The van der Waals surface area contributed by atoms with Crippen molar-refractivity contribution in [3.05, 3.63) is 89.2 Å². The van der Waals surface area contributed by atoms with Crippen molar-refractivity contribution in [2.45, 2.75) is 6.61 Å². The van der Waals surface area contributed by atoms with E-state index in [1.54, 1.807) is 68.1 Å². The smallest absolute Gasteiger partial charge is 0.275 e. The van der Waals surface area contributed by atoms with Crippen LogP contribution in [0.3, 0.4) is 0 Å². The fourth-order valence-electron chi connectivity index (χ4n) is 3.09. The molecule has 3 aromatic carbocycles. The minimum Gasteiger partial charge on any atom is -0.497 e. The normalized spacial score (nSPS) is 10.5. The second-order valence-electron chi connectivity index (χ2n) is 7.00. The number of carbonyl (C=O) groups excluding carboxylic acids is 1. The number of hydrogen-bond acceptors (Lipinski definition) is 6. The quantitative estimate of drug-likeness (QED) is 0.357. The minimum atomic E-state index is -0.311. The predicted molar refractivity (Wildman–Crippen MR) is 126 cm³/mol. The Hall–Kier alpha value is -3.91. The summed E-state index contributed by atoms with van der Waals surface area (Å²) in [5, 5.41) is 5.20. The Bertz CT molecular complexity index is 1260. The maximum atomic E-state index is 13.4. The number of rotatable bonds is 8. The molecule has 0 bridgehead atoms. The zero-order valence-electron chi connectivity index (χ0n) is 18.0. The SMILES string of the molecule is COc1ccc(NC(=O)c2csc(-c3ccc(OCc4cccc(F)c4)c(OC)c3)n2)cc1. The van der Waals surface area contributed by atoms with E-state index < -0.39 is 0 Å². The lowest BCUT2D eigenvalue weighted by Crippen LogP contribution is -2.12. The van der Waals surface area contributed by atoms with E-state index in [4.69, 9.17) is 14.2 Å². The fraction of sp³-hybridized carbons (Fsp3) is 0.120. The number of nitrogens with one attached hydrogen (secondary N) is 1. The van der Waals surface area contributed by atoms with Crippen molar-refractivity contribution >= 4 is 22.9 Å². The van der Waals surface area contributed by atoms with E-state index in [2.05, 4.69) is 10.3 Å². The van der Waals surface area contributed by atoms with Crippen LogP contribution in [0.15, 0.2) is 72.1 Å². The number of ether oxygens (including phenoxy) is 3. The fourth-order valence-corrected chi connectivity index (χ4v) is 3.88. The molecule has 0 unspecified atom stereocenters. The summed E-state index contributed by atoms with van der Waals surface area (Å²) in [6, 6.07) is 18.7. The number of benzene rings is 3. The van der Waals surface area contributed by atoms with Crippen LogP contribution in [-0.4, -0.2) is 25.1 Å². The van der Waals surface area contributed by atoms with Crippen molar-refractivity contribution in [1.82, 2.24) is 4.98 Å². The topological polar surface area (TPSA) is 69.7 Å². The number of amides is 1. The largest absolute Gasteiger partial charge is 0.497 e. The van der Waals surface area contributed by atoms with E-state index >= 15 is 0 Å². The monoisotopic (exact) mass is 464 g/mol. The average Bonchev–Trinajstić information content (AvgIpc) is 3.34. The summed E-state index contributed by atoms with van der Waals surface area (Å²) >= 11 is 1.35. The molecule has 0 saturated heterocycles. The minimum absolute atomic E-state index is 0.209. The number of hydrogen-bond donors (Lipinski definition) is 1. The van der Waals surface area contributed by atoms with Gasteiger partial charge in [0.2, 0.25) is 0 Å². The van der Waals surface area contributed by atoms with E-state index in [-0.39, 0.29) is 18.3 Å². The van der Waals surface area contributed by atoms with Crippen LogP contribution < -0.4 is 19.5 Å². The predicted octanol–water partition coefficient (Wildman–Crippen LogP) is 5.80. The summed E-state index contributed by atoms with van der Waals surface area (Å²) in [6.45, 7) is 0.209. The molecule has 0 aliphatic carbocycles. The van der Waals surface area contributed by atoms with Crippen molar-refractivity contribution in [1.29, 1.82) is 0 Å². The van der Waals surface area contributed by atoms with Crippen LogP contribution in [0.2, 0.25) is 0 Å². The van der Waals surface area contributed by atoms with Gasteiger partial charge in [0.05, 0.1) is 14.2 Å². The zero-order valence-corrected chi connectivity index (χ0v) is 18.8. The van der Waals surface area contributed by atoms with Gasteiger partial charge in [-0.25, -0.2) is 9.37 Å². The summed E-state index contributed by atoms with van der Waals surface area (Å²) in [7, 11) is 3.13. The van der Waals surface area contributed by atoms with E-state index in [0.717, 1.165) is 5.56 Å². The number of nitrogens with zero attached hydrogens (tertiary/aromatic N) is 1. The third kappa shape index (κ3) is 5.48. The third-order valence-corrected chi connectivity index (χ3v) is 5.67. The number of halogens is 1. The maximum Gasteiger partial charge on any atom is 0.275 e. The molecular formula is C25H21FN2O4S. The van der Waals surface area contributed by atoms with Gasteiger partial charge in [-0.05, 0) is 60.2 Å². The number of thiazole rings is 1. The first-order valence-electron chi connectivity index (χ1n) is 10.0. The van der Waals surface area contributed by atoms with Gasteiger partial charge >= 0.3 is 0 Å². The lowest BCUT2D eigenvalue weighted by atomic mass is 10.2. The van der Waals surface area contributed by atoms with Crippen molar-refractivity contribution < 1.29 is 23.4 Å². The van der Waals surface area contributed by atoms with Gasteiger partial charge in [-0.3, -0.25) is 4.79 Å². The van der Waals surface area contributed by atoms with Gasteiger partial charge in [0, 0.05) is 16.6 Å². The van der Waals surface area contributed by atoms with Gasteiger partial charge in [-0.1, -0.05) is 12.1 Å². The van der Waals surface area contributed by atoms with Gasteiger partial charge in [-0.15, -0.1) is 11.3 Å². The molecule has 1 aromatic heterocycles. The molecule has 4 aromatic rings. The van der Waals surface area contributed by atoms with Crippen LogP contribution in [-0.2, 0) is 6.61 Å². The van der Waals surface area contributed by atoms with Crippen LogP contribution in [0.4, 0.5) is 10.1 Å². The first-order chi connectivity index (χ1) is 16.1. The first-order valence-corrected chi connectivity index (χ1v) is 10.9. The molecule has 8 heteroatoms. The van der Waals surface area contributed by atoms with Crippen molar-refractivity contribution in [2.75, 3.05) is 19.5 Å². The molecule has 168 valence electrons. The molecule has 0 fully saturated rings.